The van der Waals surface area contributed by atoms with Gasteiger partial charge in [0.05, 0.1) is 6.42 Å². The van der Waals surface area contributed by atoms with Gasteiger partial charge < -0.3 is 15.3 Å². The number of halogens is 2. The number of rotatable bonds is 4. The van der Waals surface area contributed by atoms with Gasteiger partial charge in [0.2, 0.25) is 0 Å². The van der Waals surface area contributed by atoms with Crippen LogP contribution < -0.4 is 5.32 Å². The minimum Gasteiger partial charge on any atom is -0.481 e. The molecule has 0 aliphatic rings. The maximum absolute atomic E-state index is 11.7. The minimum absolute atomic E-state index is 0.0941. The SMILES string of the molecule is CN(CCC(=O)O)C(=O)Nc1cc(Cl)cc(Br)c1. The van der Waals surface area contributed by atoms with Crippen molar-refractivity contribution < 1.29 is 14.7 Å². The Labute approximate surface area is 118 Å². The Balaban J connectivity index is 2.60. The van der Waals surface area contributed by atoms with Crippen LogP contribution in [0.5, 0.6) is 0 Å². The smallest absolute Gasteiger partial charge is 0.321 e. The number of carboxylic acid groups (broad SMARTS) is 1. The summed E-state index contributed by atoms with van der Waals surface area (Å²) in [6, 6.07) is 4.63. The van der Waals surface area contributed by atoms with Crippen LogP contribution in [0.15, 0.2) is 22.7 Å². The van der Waals surface area contributed by atoms with E-state index in [-0.39, 0.29) is 19.0 Å². The fourth-order valence-corrected chi connectivity index (χ4v) is 2.07. The van der Waals surface area contributed by atoms with Crippen molar-refractivity contribution >= 4 is 45.2 Å². The fourth-order valence-electron chi connectivity index (χ4n) is 1.21. The standard InChI is InChI=1S/C11H12BrClN2O3/c1-15(3-2-10(16)17)11(18)14-9-5-7(12)4-8(13)6-9/h4-6H,2-3H2,1H3,(H,14,18)(H,16,17). The number of aliphatic carboxylic acids is 1. The number of amides is 2. The molecule has 0 spiro atoms. The van der Waals surface area contributed by atoms with Gasteiger partial charge in [0.1, 0.15) is 0 Å². The molecule has 1 aromatic rings. The summed E-state index contributed by atoms with van der Waals surface area (Å²) in [6.07, 6.45) is -0.0941. The third-order valence-corrected chi connectivity index (χ3v) is 2.80. The number of urea groups is 1. The van der Waals surface area contributed by atoms with Crippen molar-refractivity contribution in [3.8, 4) is 0 Å². The molecule has 1 rings (SSSR count). The Kier molecular flexibility index (Phi) is 5.43. The number of carbonyl (C=O) groups is 2. The summed E-state index contributed by atoms with van der Waals surface area (Å²) in [5, 5.41) is 11.6. The van der Waals surface area contributed by atoms with E-state index in [1.165, 1.54) is 11.9 Å². The predicted octanol–water partition coefficient (Wildman–Crippen LogP) is 3.04. The predicted molar refractivity (Wildman–Crippen MR) is 73.1 cm³/mol. The zero-order valence-electron chi connectivity index (χ0n) is 9.61. The summed E-state index contributed by atoms with van der Waals surface area (Å²) in [7, 11) is 1.53. The maximum atomic E-state index is 11.7. The largest absolute Gasteiger partial charge is 0.481 e. The van der Waals surface area contributed by atoms with Crippen LogP contribution in [0.4, 0.5) is 10.5 Å². The molecule has 0 atom stereocenters. The van der Waals surface area contributed by atoms with Crippen LogP contribution >= 0.6 is 27.5 Å². The molecule has 0 aliphatic heterocycles. The van der Waals surface area contributed by atoms with Gasteiger partial charge in [-0.1, -0.05) is 27.5 Å². The molecular formula is C11H12BrClN2O3. The molecule has 0 aliphatic carbocycles. The second-order valence-electron chi connectivity index (χ2n) is 3.65. The van der Waals surface area contributed by atoms with Crippen LogP contribution in [0.2, 0.25) is 5.02 Å². The molecule has 2 amide bonds. The van der Waals surface area contributed by atoms with E-state index >= 15 is 0 Å². The molecule has 7 heteroatoms. The Hall–Kier alpha value is -1.27. The molecule has 0 saturated heterocycles. The third kappa shape index (κ3) is 4.93. The Morgan fingerprint density at radius 3 is 2.67 bits per heavy atom. The lowest BCUT2D eigenvalue weighted by Gasteiger charge is -2.17. The molecule has 0 saturated carbocycles. The molecule has 5 nitrogen and oxygen atoms in total. The van der Waals surface area contributed by atoms with Crippen LogP contribution in [0, 0.1) is 0 Å². The lowest BCUT2D eigenvalue weighted by atomic mass is 10.3. The molecule has 1 aromatic carbocycles. The molecule has 0 aromatic heterocycles. The fraction of sp³-hybridized carbons (Fsp3) is 0.273. The van der Waals surface area contributed by atoms with Gasteiger partial charge in [0, 0.05) is 28.8 Å². The number of benzene rings is 1. The van der Waals surface area contributed by atoms with Crippen molar-refractivity contribution in [3.05, 3.63) is 27.7 Å². The molecular weight excluding hydrogens is 323 g/mol. The highest BCUT2D eigenvalue weighted by Gasteiger charge is 2.10. The van der Waals surface area contributed by atoms with Crippen molar-refractivity contribution in [2.75, 3.05) is 18.9 Å². The summed E-state index contributed by atoms with van der Waals surface area (Å²) in [4.78, 5) is 23.4. The van der Waals surface area contributed by atoms with E-state index in [0.717, 1.165) is 4.47 Å². The van der Waals surface area contributed by atoms with Gasteiger partial charge >= 0.3 is 12.0 Å². The number of hydrogen-bond donors (Lipinski definition) is 2. The highest BCUT2D eigenvalue weighted by molar-refractivity contribution is 9.10. The van der Waals surface area contributed by atoms with Gasteiger partial charge in [0.25, 0.3) is 0 Å². The zero-order valence-corrected chi connectivity index (χ0v) is 12.0. The molecule has 0 heterocycles. The summed E-state index contributed by atoms with van der Waals surface area (Å²) < 4.78 is 0.749. The summed E-state index contributed by atoms with van der Waals surface area (Å²) in [6.45, 7) is 0.142. The lowest BCUT2D eigenvalue weighted by molar-refractivity contribution is -0.137. The number of carboxylic acids is 1. The molecule has 18 heavy (non-hydrogen) atoms. The molecule has 0 radical (unpaired) electrons. The molecule has 0 fully saturated rings. The van der Waals surface area contributed by atoms with Gasteiger partial charge in [-0.05, 0) is 18.2 Å². The van der Waals surface area contributed by atoms with Crippen LogP contribution in [0.1, 0.15) is 6.42 Å². The highest BCUT2D eigenvalue weighted by Crippen LogP contribution is 2.22. The summed E-state index contributed by atoms with van der Waals surface area (Å²) in [5.41, 5.74) is 0.543. The average Bonchev–Trinajstić information content (AvgIpc) is 2.24. The third-order valence-electron chi connectivity index (χ3n) is 2.12. The van der Waals surface area contributed by atoms with Crippen molar-refractivity contribution in [1.29, 1.82) is 0 Å². The van der Waals surface area contributed by atoms with Gasteiger partial charge in [-0.25, -0.2) is 4.79 Å². The Morgan fingerprint density at radius 1 is 1.44 bits per heavy atom. The minimum atomic E-state index is -0.944. The first-order valence-corrected chi connectivity index (χ1v) is 6.25. The normalized spacial score (nSPS) is 9.94. The van der Waals surface area contributed by atoms with Gasteiger partial charge in [-0.15, -0.1) is 0 Å². The Bertz CT molecular complexity index is 447. The lowest BCUT2D eigenvalue weighted by Crippen LogP contribution is -2.33. The molecule has 2 N–H and O–H groups in total. The van der Waals surface area contributed by atoms with E-state index in [2.05, 4.69) is 21.2 Å². The van der Waals surface area contributed by atoms with Crippen molar-refractivity contribution in [3.63, 3.8) is 0 Å². The number of carbonyl (C=O) groups excluding carboxylic acids is 1. The van der Waals surface area contributed by atoms with Gasteiger partial charge in [-0.3, -0.25) is 4.79 Å². The van der Waals surface area contributed by atoms with E-state index in [1.807, 2.05) is 0 Å². The molecule has 98 valence electrons. The second kappa shape index (κ2) is 6.61. The average molecular weight is 336 g/mol. The van der Waals surface area contributed by atoms with Gasteiger partial charge in [-0.2, -0.15) is 0 Å². The van der Waals surface area contributed by atoms with Crippen molar-refractivity contribution in [2.45, 2.75) is 6.42 Å². The first kappa shape index (κ1) is 14.8. The van der Waals surface area contributed by atoms with Crippen molar-refractivity contribution in [2.24, 2.45) is 0 Å². The van der Waals surface area contributed by atoms with E-state index < -0.39 is 5.97 Å². The van der Waals surface area contributed by atoms with Crippen LogP contribution in [-0.2, 0) is 4.79 Å². The molecule has 0 unspecified atom stereocenters. The quantitative estimate of drug-likeness (QED) is 0.888. The zero-order chi connectivity index (χ0) is 13.7. The van der Waals surface area contributed by atoms with E-state index in [9.17, 15) is 9.59 Å². The summed E-state index contributed by atoms with van der Waals surface area (Å²) in [5.74, 6) is -0.944. The van der Waals surface area contributed by atoms with Crippen LogP contribution in [0.25, 0.3) is 0 Å². The first-order valence-electron chi connectivity index (χ1n) is 5.08. The first-order chi connectivity index (χ1) is 8.38. The highest BCUT2D eigenvalue weighted by atomic mass is 79.9. The van der Waals surface area contributed by atoms with Crippen LogP contribution in [0.3, 0.4) is 0 Å². The number of nitrogens with one attached hydrogen (secondary N) is 1. The summed E-state index contributed by atoms with van der Waals surface area (Å²) >= 11 is 9.11. The van der Waals surface area contributed by atoms with Gasteiger partial charge in [0.15, 0.2) is 0 Å². The van der Waals surface area contributed by atoms with Crippen molar-refractivity contribution in [1.82, 2.24) is 4.90 Å². The maximum Gasteiger partial charge on any atom is 0.321 e. The number of hydrogen-bond acceptors (Lipinski definition) is 2. The van der Waals surface area contributed by atoms with E-state index in [1.54, 1.807) is 18.2 Å². The molecule has 0 bridgehead atoms. The van der Waals surface area contributed by atoms with E-state index in [0.29, 0.717) is 10.7 Å². The Morgan fingerprint density at radius 2 is 2.11 bits per heavy atom. The second-order valence-corrected chi connectivity index (χ2v) is 5.01. The monoisotopic (exact) mass is 334 g/mol. The van der Waals surface area contributed by atoms with Crippen LogP contribution in [-0.4, -0.2) is 35.6 Å². The number of anilines is 1. The number of nitrogens with zero attached hydrogens (tertiary/aromatic N) is 1. The van der Waals surface area contributed by atoms with E-state index in [4.69, 9.17) is 16.7 Å². The topological polar surface area (TPSA) is 69.6 Å².